The van der Waals surface area contributed by atoms with E-state index in [-0.39, 0.29) is 5.69 Å². The van der Waals surface area contributed by atoms with Crippen molar-refractivity contribution in [2.75, 3.05) is 13.1 Å². The molecular formula is C16H18ClN3O2. The van der Waals surface area contributed by atoms with E-state index < -0.39 is 4.92 Å². The van der Waals surface area contributed by atoms with E-state index >= 15 is 0 Å². The number of hydrogen-bond acceptors (Lipinski definition) is 4. The molecule has 0 aliphatic heterocycles. The quantitative estimate of drug-likeness (QED) is 0.628. The average molecular weight is 320 g/mol. The molecule has 2 rings (SSSR count). The molecule has 2 aromatic carbocycles. The van der Waals surface area contributed by atoms with Crippen LogP contribution in [0.25, 0.3) is 0 Å². The van der Waals surface area contributed by atoms with Gasteiger partial charge in [0.05, 0.1) is 9.95 Å². The largest absolute Gasteiger partial charge is 0.329 e. The summed E-state index contributed by atoms with van der Waals surface area (Å²) in [7, 11) is 0. The van der Waals surface area contributed by atoms with Gasteiger partial charge in [-0.05, 0) is 17.2 Å². The summed E-state index contributed by atoms with van der Waals surface area (Å²) in [6.45, 7) is 2.62. The van der Waals surface area contributed by atoms with Crippen LogP contribution in [0.15, 0.2) is 48.5 Å². The third kappa shape index (κ3) is 4.53. The van der Waals surface area contributed by atoms with Crippen LogP contribution in [0.3, 0.4) is 0 Å². The molecule has 5 nitrogen and oxygen atoms in total. The maximum atomic E-state index is 10.8. The highest BCUT2D eigenvalue weighted by atomic mass is 35.5. The third-order valence-electron chi connectivity index (χ3n) is 3.34. The van der Waals surface area contributed by atoms with Gasteiger partial charge in [0.25, 0.3) is 5.69 Å². The Labute approximate surface area is 134 Å². The fourth-order valence-corrected chi connectivity index (χ4v) is 2.49. The van der Waals surface area contributed by atoms with E-state index in [9.17, 15) is 10.1 Å². The molecule has 22 heavy (non-hydrogen) atoms. The first-order valence-corrected chi connectivity index (χ1v) is 7.37. The minimum Gasteiger partial charge on any atom is -0.329 e. The molecule has 6 heteroatoms. The van der Waals surface area contributed by atoms with Gasteiger partial charge in [0.2, 0.25) is 0 Å². The molecule has 0 saturated carbocycles. The number of rotatable bonds is 7. The van der Waals surface area contributed by atoms with Gasteiger partial charge < -0.3 is 5.73 Å². The van der Waals surface area contributed by atoms with Gasteiger partial charge in [-0.1, -0.05) is 41.9 Å². The molecule has 0 unspecified atom stereocenters. The van der Waals surface area contributed by atoms with Crippen molar-refractivity contribution in [3.8, 4) is 0 Å². The number of nitro benzene ring substituents is 1. The Hall–Kier alpha value is -1.95. The summed E-state index contributed by atoms with van der Waals surface area (Å²) in [5.74, 6) is 0. The fraction of sp³-hybridized carbons (Fsp3) is 0.250. The van der Waals surface area contributed by atoms with Gasteiger partial charge in [-0.25, -0.2) is 0 Å². The molecule has 0 fully saturated rings. The van der Waals surface area contributed by atoms with Crippen LogP contribution >= 0.6 is 11.6 Å². The lowest BCUT2D eigenvalue weighted by molar-refractivity contribution is -0.384. The molecular weight excluding hydrogens is 302 g/mol. The second kappa shape index (κ2) is 7.89. The lowest BCUT2D eigenvalue weighted by Crippen LogP contribution is -2.28. The van der Waals surface area contributed by atoms with Crippen molar-refractivity contribution >= 4 is 17.3 Å². The normalized spacial score (nSPS) is 10.9. The van der Waals surface area contributed by atoms with Crippen molar-refractivity contribution in [1.29, 1.82) is 0 Å². The number of nitrogens with two attached hydrogens (primary N) is 1. The number of halogens is 1. The van der Waals surface area contributed by atoms with Gasteiger partial charge in [0.15, 0.2) is 0 Å². The number of benzene rings is 2. The number of nitro groups is 1. The summed E-state index contributed by atoms with van der Waals surface area (Å²) < 4.78 is 0. The molecule has 0 spiro atoms. The molecule has 0 radical (unpaired) electrons. The summed E-state index contributed by atoms with van der Waals surface area (Å²) >= 11 is 6.16. The van der Waals surface area contributed by atoms with Crippen LogP contribution in [-0.2, 0) is 13.1 Å². The van der Waals surface area contributed by atoms with Crippen molar-refractivity contribution in [1.82, 2.24) is 4.90 Å². The van der Waals surface area contributed by atoms with E-state index in [1.807, 2.05) is 18.2 Å². The Morgan fingerprint density at radius 2 is 1.86 bits per heavy atom. The summed E-state index contributed by atoms with van der Waals surface area (Å²) in [6, 6.07) is 14.6. The van der Waals surface area contributed by atoms with Gasteiger partial charge in [0.1, 0.15) is 0 Å². The van der Waals surface area contributed by atoms with E-state index in [4.69, 9.17) is 17.3 Å². The van der Waals surface area contributed by atoms with E-state index in [0.29, 0.717) is 18.1 Å². The lowest BCUT2D eigenvalue weighted by atomic mass is 10.1. The van der Waals surface area contributed by atoms with Crippen LogP contribution in [-0.4, -0.2) is 22.9 Å². The van der Waals surface area contributed by atoms with E-state index in [2.05, 4.69) is 17.0 Å². The Morgan fingerprint density at radius 1 is 1.14 bits per heavy atom. The van der Waals surface area contributed by atoms with Crippen molar-refractivity contribution in [2.45, 2.75) is 13.1 Å². The van der Waals surface area contributed by atoms with Crippen molar-refractivity contribution in [3.05, 3.63) is 74.8 Å². The van der Waals surface area contributed by atoms with Crippen LogP contribution < -0.4 is 5.73 Å². The van der Waals surface area contributed by atoms with Crippen LogP contribution in [0.1, 0.15) is 11.1 Å². The predicted molar refractivity (Wildman–Crippen MR) is 87.7 cm³/mol. The zero-order valence-corrected chi connectivity index (χ0v) is 12.9. The first-order valence-electron chi connectivity index (χ1n) is 6.99. The molecule has 0 bridgehead atoms. The number of nitrogens with zero attached hydrogens (tertiary/aromatic N) is 2. The van der Waals surface area contributed by atoms with Crippen LogP contribution in [0, 0.1) is 10.1 Å². The van der Waals surface area contributed by atoms with Crippen LogP contribution in [0.2, 0.25) is 5.02 Å². The van der Waals surface area contributed by atoms with Crippen LogP contribution in [0.4, 0.5) is 5.69 Å². The number of hydrogen-bond donors (Lipinski definition) is 1. The molecule has 2 N–H and O–H groups in total. The summed E-state index contributed by atoms with van der Waals surface area (Å²) in [4.78, 5) is 12.5. The summed E-state index contributed by atoms with van der Waals surface area (Å²) in [6.07, 6.45) is 0. The predicted octanol–water partition coefficient (Wildman–Crippen LogP) is 3.21. The molecule has 0 amide bonds. The second-order valence-electron chi connectivity index (χ2n) is 5.02. The Balaban J connectivity index is 2.12. The third-order valence-corrected chi connectivity index (χ3v) is 3.69. The van der Waals surface area contributed by atoms with Gasteiger partial charge in [-0.15, -0.1) is 0 Å². The summed E-state index contributed by atoms with van der Waals surface area (Å²) in [5, 5.41) is 11.2. The highest BCUT2D eigenvalue weighted by Crippen LogP contribution is 2.24. The number of non-ortho nitro benzene ring substituents is 1. The average Bonchev–Trinajstić information content (AvgIpc) is 2.50. The van der Waals surface area contributed by atoms with E-state index in [0.717, 1.165) is 18.7 Å². The van der Waals surface area contributed by atoms with Crippen molar-refractivity contribution < 1.29 is 4.92 Å². The maximum absolute atomic E-state index is 10.8. The SMILES string of the molecule is NCCN(Cc1ccccc1)Cc1ccc([N+](=O)[O-])cc1Cl. The van der Waals surface area contributed by atoms with E-state index in [1.165, 1.54) is 17.7 Å². The molecule has 116 valence electrons. The second-order valence-corrected chi connectivity index (χ2v) is 5.42. The van der Waals surface area contributed by atoms with Crippen molar-refractivity contribution in [2.24, 2.45) is 5.73 Å². The minimum atomic E-state index is -0.447. The lowest BCUT2D eigenvalue weighted by Gasteiger charge is -2.22. The highest BCUT2D eigenvalue weighted by Gasteiger charge is 2.12. The Bertz CT molecular complexity index is 635. The summed E-state index contributed by atoms with van der Waals surface area (Å²) in [5.41, 5.74) is 7.72. The van der Waals surface area contributed by atoms with Gasteiger partial charge in [-0.3, -0.25) is 15.0 Å². The molecule has 0 aliphatic rings. The van der Waals surface area contributed by atoms with Crippen LogP contribution in [0.5, 0.6) is 0 Å². The molecule has 0 aliphatic carbocycles. The first kappa shape index (κ1) is 16.4. The molecule has 2 aromatic rings. The van der Waals surface area contributed by atoms with Gasteiger partial charge in [0, 0.05) is 38.3 Å². The Morgan fingerprint density at radius 3 is 2.45 bits per heavy atom. The minimum absolute atomic E-state index is 0.00202. The monoisotopic (exact) mass is 319 g/mol. The van der Waals surface area contributed by atoms with E-state index in [1.54, 1.807) is 6.07 Å². The highest BCUT2D eigenvalue weighted by molar-refractivity contribution is 6.31. The molecule has 0 heterocycles. The standard InChI is InChI=1S/C16H18ClN3O2/c17-16-10-15(20(21)22)7-6-14(16)12-19(9-8-18)11-13-4-2-1-3-5-13/h1-7,10H,8-9,11-12,18H2. The molecule has 0 saturated heterocycles. The maximum Gasteiger partial charge on any atom is 0.270 e. The smallest absolute Gasteiger partial charge is 0.270 e. The van der Waals surface area contributed by atoms with Gasteiger partial charge >= 0.3 is 0 Å². The Kier molecular flexibility index (Phi) is 5.89. The first-order chi connectivity index (χ1) is 10.6. The fourth-order valence-electron chi connectivity index (χ4n) is 2.26. The topological polar surface area (TPSA) is 72.4 Å². The zero-order valence-electron chi connectivity index (χ0n) is 12.1. The molecule has 0 aromatic heterocycles. The van der Waals surface area contributed by atoms with Crippen molar-refractivity contribution in [3.63, 3.8) is 0 Å². The van der Waals surface area contributed by atoms with Gasteiger partial charge in [-0.2, -0.15) is 0 Å². The molecule has 0 atom stereocenters. The zero-order chi connectivity index (χ0) is 15.9.